The van der Waals surface area contributed by atoms with E-state index in [0.717, 1.165) is 5.56 Å². The number of benzene rings is 2. The zero-order valence-electron chi connectivity index (χ0n) is 11.7. The highest BCUT2D eigenvalue weighted by molar-refractivity contribution is 6.30. The Morgan fingerprint density at radius 1 is 1.24 bits per heavy atom. The smallest absolute Gasteiger partial charge is 0.313 e. The molecule has 0 bridgehead atoms. The molecule has 0 aliphatic heterocycles. The minimum absolute atomic E-state index is 0.157. The van der Waals surface area contributed by atoms with Crippen molar-refractivity contribution in [2.75, 3.05) is 7.05 Å². The Hall–Kier alpha value is -2.11. The first-order chi connectivity index (χ1) is 10.0. The van der Waals surface area contributed by atoms with E-state index in [1.54, 1.807) is 18.2 Å². The van der Waals surface area contributed by atoms with Gasteiger partial charge in [0.15, 0.2) is 0 Å². The summed E-state index contributed by atoms with van der Waals surface area (Å²) in [4.78, 5) is 10.5. The van der Waals surface area contributed by atoms with Crippen LogP contribution in [0.4, 0.5) is 5.69 Å². The summed E-state index contributed by atoms with van der Waals surface area (Å²) in [6.07, 6.45) is 0. The van der Waals surface area contributed by atoms with Crippen molar-refractivity contribution in [1.82, 2.24) is 5.32 Å². The lowest BCUT2D eigenvalue weighted by Crippen LogP contribution is -2.11. The van der Waals surface area contributed by atoms with Crippen LogP contribution in [0.2, 0.25) is 5.02 Å². The van der Waals surface area contributed by atoms with E-state index in [4.69, 9.17) is 16.3 Å². The quantitative estimate of drug-likeness (QED) is 0.660. The number of halogens is 1. The summed E-state index contributed by atoms with van der Waals surface area (Å²) < 4.78 is 5.57. The first-order valence-electron chi connectivity index (χ1n) is 6.40. The summed E-state index contributed by atoms with van der Waals surface area (Å²) in [5, 5.41) is 14.4. The number of ether oxygens (including phenoxy) is 1. The Morgan fingerprint density at radius 3 is 2.48 bits per heavy atom. The zero-order chi connectivity index (χ0) is 15.4. The molecule has 110 valence electrons. The molecule has 0 saturated carbocycles. The van der Waals surface area contributed by atoms with Crippen LogP contribution in [0.5, 0.6) is 11.5 Å². The van der Waals surface area contributed by atoms with E-state index in [0.29, 0.717) is 10.8 Å². The third kappa shape index (κ3) is 3.71. The second kappa shape index (κ2) is 6.56. The molecule has 0 aliphatic rings. The summed E-state index contributed by atoms with van der Waals surface area (Å²) in [5.41, 5.74) is 0.950. The second-order valence-corrected chi connectivity index (χ2v) is 4.99. The monoisotopic (exact) mass is 306 g/mol. The number of nitro benzene ring substituents is 1. The molecule has 0 fully saturated rings. The van der Waals surface area contributed by atoms with Gasteiger partial charge in [-0.2, -0.15) is 0 Å². The number of rotatable bonds is 5. The average molecular weight is 307 g/mol. The van der Waals surface area contributed by atoms with Gasteiger partial charge in [0.1, 0.15) is 5.75 Å². The van der Waals surface area contributed by atoms with Gasteiger partial charge >= 0.3 is 5.69 Å². The van der Waals surface area contributed by atoms with E-state index >= 15 is 0 Å². The van der Waals surface area contributed by atoms with Crippen molar-refractivity contribution in [3.63, 3.8) is 0 Å². The van der Waals surface area contributed by atoms with Crippen LogP contribution >= 0.6 is 11.6 Å². The Balaban J connectivity index is 2.24. The highest BCUT2D eigenvalue weighted by Gasteiger charge is 2.16. The molecule has 1 atom stereocenters. The SMILES string of the molecule is CNC(C)c1ccc(Oc2ccc(Cl)cc2[N+](=O)[O-])cc1. The van der Waals surface area contributed by atoms with Crippen molar-refractivity contribution in [2.24, 2.45) is 0 Å². The predicted octanol–water partition coefficient (Wildman–Crippen LogP) is 4.32. The van der Waals surface area contributed by atoms with Crippen LogP contribution in [0.1, 0.15) is 18.5 Å². The van der Waals surface area contributed by atoms with Crippen molar-refractivity contribution in [2.45, 2.75) is 13.0 Å². The average Bonchev–Trinajstić information content (AvgIpc) is 2.49. The van der Waals surface area contributed by atoms with E-state index < -0.39 is 4.92 Å². The van der Waals surface area contributed by atoms with Crippen molar-refractivity contribution in [3.8, 4) is 11.5 Å². The molecular weight excluding hydrogens is 292 g/mol. The van der Waals surface area contributed by atoms with Gasteiger partial charge in [-0.05, 0) is 43.8 Å². The molecule has 2 aromatic rings. The molecule has 0 amide bonds. The molecule has 0 aromatic heterocycles. The number of nitro groups is 1. The molecule has 1 N–H and O–H groups in total. The minimum Gasteiger partial charge on any atom is -0.450 e. The highest BCUT2D eigenvalue weighted by atomic mass is 35.5. The molecule has 1 unspecified atom stereocenters. The van der Waals surface area contributed by atoms with Crippen molar-refractivity contribution in [1.29, 1.82) is 0 Å². The molecule has 2 aromatic carbocycles. The van der Waals surface area contributed by atoms with Crippen LogP contribution in [-0.4, -0.2) is 12.0 Å². The predicted molar refractivity (Wildman–Crippen MR) is 82.1 cm³/mol. The minimum atomic E-state index is -0.515. The van der Waals surface area contributed by atoms with Gasteiger partial charge in [-0.15, -0.1) is 0 Å². The van der Waals surface area contributed by atoms with E-state index in [9.17, 15) is 10.1 Å². The fourth-order valence-corrected chi connectivity index (χ4v) is 2.00. The highest BCUT2D eigenvalue weighted by Crippen LogP contribution is 2.33. The summed E-state index contributed by atoms with van der Waals surface area (Å²) in [7, 11) is 1.88. The number of hydrogen-bond donors (Lipinski definition) is 1. The summed E-state index contributed by atoms with van der Waals surface area (Å²) >= 11 is 5.77. The fraction of sp³-hybridized carbons (Fsp3) is 0.200. The van der Waals surface area contributed by atoms with E-state index in [1.165, 1.54) is 12.1 Å². The molecule has 2 rings (SSSR count). The van der Waals surface area contributed by atoms with Gasteiger partial charge < -0.3 is 10.1 Å². The van der Waals surface area contributed by atoms with Crippen LogP contribution in [0.15, 0.2) is 42.5 Å². The van der Waals surface area contributed by atoms with Gasteiger partial charge in [0.2, 0.25) is 5.75 Å². The molecule has 6 heteroatoms. The number of nitrogens with one attached hydrogen (secondary N) is 1. The largest absolute Gasteiger partial charge is 0.450 e. The molecule has 0 saturated heterocycles. The van der Waals surface area contributed by atoms with Crippen LogP contribution in [0, 0.1) is 10.1 Å². The first kappa shape index (κ1) is 15.3. The Labute approximate surface area is 127 Å². The van der Waals surface area contributed by atoms with Gasteiger partial charge in [-0.25, -0.2) is 0 Å². The number of hydrogen-bond acceptors (Lipinski definition) is 4. The maximum atomic E-state index is 11.0. The van der Waals surface area contributed by atoms with Gasteiger partial charge in [0.05, 0.1) is 4.92 Å². The van der Waals surface area contributed by atoms with Gasteiger partial charge in [-0.1, -0.05) is 23.7 Å². The van der Waals surface area contributed by atoms with E-state index in [1.807, 2.05) is 26.1 Å². The van der Waals surface area contributed by atoms with Crippen molar-refractivity contribution < 1.29 is 9.66 Å². The summed E-state index contributed by atoms with van der Waals surface area (Å²) in [6, 6.07) is 11.9. The lowest BCUT2D eigenvalue weighted by molar-refractivity contribution is -0.385. The normalized spacial score (nSPS) is 12.0. The lowest BCUT2D eigenvalue weighted by Gasteiger charge is -2.11. The fourth-order valence-electron chi connectivity index (χ4n) is 1.84. The molecule has 0 heterocycles. The lowest BCUT2D eigenvalue weighted by atomic mass is 10.1. The van der Waals surface area contributed by atoms with Gasteiger partial charge in [-0.3, -0.25) is 10.1 Å². The van der Waals surface area contributed by atoms with Crippen molar-refractivity contribution >= 4 is 17.3 Å². The van der Waals surface area contributed by atoms with Crippen LogP contribution in [0.3, 0.4) is 0 Å². The zero-order valence-corrected chi connectivity index (χ0v) is 12.4. The Morgan fingerprint density at radius 2 is 1.90 bits per heavy atom. The molecule has 0 spiro atoms. The summed E-state index contributed by atoms with van der Waals surface area (Å²) in [5.74, 6) is 0.700. The van der Waals surface area contributed by atoms with Gasteiger partial charge in [0, 0.05) is 17.1 Å². The van der Waals surface area contributed by atoms with E-state index in [-0.39, 0.29) is 17.5 Å². The Kier molecular flexibility index (Phi) is 4.77. The molecule has 0 aliphatic carbocycles. The number of nitrogens with zero attached hydrogens (tertiary/aromatic N) is 1. The van der Waals surface area contributed by atoms with Gasteiger partial charge in [0.25, 0.3) is 0 Å². The second-order valence-electron chi connectivity index (χ2n) is 4.55. The topological polar surface area (TPSA) is 64.4 Å². The third-order valence-corrected chi connectivity index (χ3v) is 3.39. The van der Waals surface area contributed by atoms with Crippen LogP contribution in [0.25, 0.3) is 0 Å². The third-order valence-electron chi connectivity index (χ3n) is 3.16. The summed E-state index contributed by atoms with van der Waals surface area (Å²) in [6.45, 7) is 2.04. The maximum absolute atomic E-state index is 11.0. The maximum Gasteiger partial charge on any atom is 0.313 e. The van der Waals surface area contributed by atoms with Crippen LogP contribution in [-0.2, 0) is 0 Å². The first-order valence-corrected chi connectivity index (χ1v) is 6.78. The Bertz CT molecular complexity index is 644. The van der Waals surface area contributed by atoms with E-state index in [2.05, 4.69) is 5.32 Å². The van der Waals surface area contributed by atoms with Crippen molar-refractivity contribution in [3.05, 3.63) is 63.2 Å². The standard InChI is InChI=1S/C15H15ClN2O3/c1-10(17-2)11-3-6-13(7-4-11)21-15-8-5-12(16)9-14(15)18(19)20/h3-10,17H,1-2H3. The molecule has 0 radical (unpaired) electrons. The molecule has 21 heavy (non-hydrogen) atoms. The molecular formula is C15H15ClN2O3. The molecule has 5 nitrogen and oxygen atoms in total. The van der Waals surface area contributed by atoms with Crippen LogP contribution < -0.4 is 10.1 Å².